The number of hydrogen-bond donors (Lipinski definition) is 0. The van der Waals surface area contributed by atoms with E-state index in [1.165, 1.54) is 0 Å². The molecule has 1 aromatic carbocycles. The minimum atomic E-state index is 0.634. The van der Waals surface area contributed by atoms with Crippen molar-refractivity contribution in [3.8, 4) is 11.5 Å². The summed E-state index contributed by atoms with van der Waals surface area (Å²) >= 11 is 3.41. The SMILES string of the molecule is Cc1ccc(Br)c2c1OCCO2. The van der Waals surface area contributed by atoms with Crippen molar-refractivity contribution in [1.82, 2.24) is 0 Å². The fourth-order valence-corrected chi connectivity index (χ4v) is 1.67. The van der Waals surface area contributed by atoms with Crippen molar-refractivity contribution in [2.24, 2.45) is 0 Å². The lowest BCUT2D eigenvalue weighted by Crippen LogP contribution is -2.16. The average Bonchev–Trinajstić information content (AvgIpc) is 2.12. The van der Waals surface area contributed by atoms with Crippen LogP contribution in [0, 0.1) is 6.92 Å². The smallest absolute Gasteiger partial charge is 0.175 e. The quantitative estimate of drug-likeness (QED) is 0.680. The maximum Gasteiger partial charge on any atom is 0.175 e. The zero-order chi connectivity index (χ0) is 8.55. The van der Waals surface area contributed by atoms with Gasteiger partial charge in [0.2, 0.25) is 0 Å². The van der Waals surface area contributed by atoms with Gasteiger partial charge < -0.3 is 9.47 Å². The van der Waals surface area contributed by atoms with Gasteiger partial charge in [0.1, 0.15) is 13.2 Å². The third kappa shape index (κ3) is 1.18. The van der Waals surface area contributed by atoms with Crippen molar-refractivity contribution >= 4 is 15.9 Å². The van der Waals surface area contributed by atoms with Crippen molar-refractivity contribution in [3.05, 3.63) is 22.2 Å². The van der Waals surface area contributed by atoms with Crippen LogP contribution in [0.4, 0.5) is 0 Å². The van der Waals surface area contributed by atoms with Gasteiger partial charge in [0.15, 0.2) is 11.5 Å². The lowest BCUT2D eigenvalue weighted by molar-refractivity contribution is 0.169. The summed E-state index contributed by atoms with van der Waals surface area (Å²) in [5.74, 6) is 1.71. The predicted octanol–water partition coefficient (Wildman–Crippen LogP) is 2.53. The molecule has 0 spiro atoms. The third-order valence-electron chi connectivity index (χ3n) is 1.84. The van der Waals surface area contributed by atoms with E-state index < -0.39 is 0 Å². The molecule has 0 saturated heterocycles. The Balaban J connectivity index is 2.57. The number of halogens is 1. The van der Waals surface area contributed by atoms with E-state index in [4.69, 9.17) is 9.47 Å². The van der Waals surface area contributed by atoms with Crippen molar-refractivity contribution in [1.29, 1.82) is 0 Å². The van der Waals surface area contributed by atoms with Crippen LogP contribution < -0.4 is 9.47 Å². The van der Waals surface area contributed by atoms with Gasteiger partial charge >= 0.3 is 0 Å². The van der Waals surface area contributed by atoms with E-state index >= 15 is 0 Å². The first-order valence-electron chi connectivity index (χ1n) is 3.84. The Labute approximate surface area is 79.6 Å². The molecule has 1 heterocycles. The van der Waals surface area contributed by atoms with Crippen LogP contribution in [-0.2, 0) is 0 Å². The van der Waals surface area contributed by atoms with Gasteiger partial charge in [0, 0.05) is 0 Å². The molecule has 1 aromatic rings. The fourth-order valence-electron chi connectivity index (χ4n) is 1.24. The van der Waals surface area contributed by atoms with Gasteiger partial charge in [-0.2, -0.15) is 0 Å². The molecule has 2 rings (SSSR count). The summed E-state index contributed by atoms with van der Waals surface area (Å²) in [5, 5.41) is 0. The molecule has 0 aliphatic carbocycles. The molecule has 0 aromatic heterocycles. The highest BCUT2D eigenvalue weighted by molar-refractivity contribution is 9.10. The minimum Gasteiger partial charge on any atom is -0.486 e. The molecule has 1 aliphatic heterocycles. The summed E-state index contributed by atoms with van der Waals surface area (Å²) in [6.07, 6.45) is 0. The van der Waals surface area contributed by atoms with Gasteiger partial charge in [-0.05, 0) is 34.5 Å². The lowest BCUT2D eigenvalue weighted by Gasteiger charge is -2.20. The number of benzene rings is 1. The molecule has 12 heavy (non-hydrogen) atoms. The van der Waals surface area contributed by atoms with Gasteiger partial charge in [-0.3, -0.25) is 0 Å². The number of rotatable bonds is 0. The van der Waals surface area contributed by atoms with Crippen molar-refractivity contribution in [3.63, 3.8) is 0 Å². The van der Waals surface area contributed by atoms with Crippen LogP contribution in [0.15, 0.2) is 16.6 Å². The van der Waals surface area contributed by atoms with E-state index in [0.29, 0.717) is 13.2 Å². The monoisotopic (exact) mass is 228 g/mol. The van der Waals surface area contributed by atoms with Gasteiger partial charge in [0.25, 0.3) is 0 Å². The predicted molar refractivity (Wildman–Crippen MR) is 49.9 cm³/mol. The van der Waals surface area contributed by atoms with Crippen LogP contribution in [0.1, 0.15) is 5.56 Å². The van der Waals surface area contributed by atoms with E-state index in [9.17, 15) is 0 Å². The second kappa shape index (κ2) is 2.98. The van der Waals surface area contributed by atoms with Gasteiger partial charge in [-0.15, -0.1) is 0 Å². The Morgan fingerprint density at radius 3 is 2.50 bits per heavy atom. The van der Waals surface area contributed by atoms with Gasteiger partial charge in [-0.25, -0.2) is 0 Å². The van der Waals surface area contributed by atoms with Crippen LogP contribution in [-0.4, -0.2) is 13.2 Å². The fraction of sp³-hybridized carbons (Fsp3) is 0.333. The highest BCUT2D eigenvalue weighted by Crippen LogP contribution is 2.39. The Kier molecular flexibility index (Phi) is 1.97. The van der Waals surface area contributed by atoms with E-state index in [2.05, 4.69) is 15.9 Å². The van der Waals surface area contributed by atoms with Crippen LogP contribution in [0.25, 0.3) is 0 Å². The zero-order valence-corrected chi connectivity index (χ0v) is 8.35. The molecule has 0 radical (unpaired) electrons. The summed E-state index contributed by atoms with van der Waals surface area (Å²) in [7, 11) is 0. The molecule has 2 nitrogen and oxygen atoms in total. The normalized spacial score (nSPS) is 14.5. The Morgan fingerprint density at radius 1 is 1.17 bits per heavy atom. The molecule has 1 aliphatic rings. The van der Waals surface area contributed by atoms with Crippen molar-refractivity contribution in [2.75, 3.05) is 13.2 Å². The summed E-state index contributed by atoms with van der Waals surface area (Å²) in [6.45, 7) is 3.29. The molecule has 0 N–H and O–H groups in total. The number of ether oxygens (including phenoxy) is 2. The van der Waals surface area contributed by atoms with E-state index in [1.807, 2.05) is 19.1 Å². The number of fused-ring (bicyclic) bond motifs is 1. The topological polar surface area (TPSA) is 18.5 Å². The molecule has 0 atom stereocenters. The Bertz CT molecular complexity index is 279. The summed E-state index contributed by atoms with van der Waals surface area (Å²) in [5.41, 5.74) is 1.12. The molecule has 0 saturated carbocycles. The van der Waals surface area contributed by atoms with Crippen molar-refractivity contribution in [2.45, 2.75) is 6.92 Å². The summed E-state index contributed by atoms with van der Waals surface area (Å²) in [6, 6.07) is 3.99. The molecule has 0 bridgehead atoms. The maximum atomic E-state index is 5.48. The highest BCUT2D eigenvalue weighted by Gasteiger charge is 2.16. The van der Waals surface area contributed by atoms with Crippen LogP contribution >= 0.6 is 15.9 Å². The maximum absolute atomic E-state index is 5.48. The summed E-state index contributed by atoms with van der Waals surface area (Å²) < 4.78 is 11.9. The molecular formula is C9H9BrO2. The zero-order valence-electron chi connectivity index (χ0n) is 6.76. The molecule has 3 heteroatoms. The van der Waals surface area contributed by atoms with Crippen LogP contribution in [0.2, 0.25) is 0 Å². The third-order valence-corrected chi connectivity index (χ3v) is 2.46. The van der Waals surface area contributed by atoms with Crippen LogP contribution in [0.3, 0.4) is 0 Å². The number of aryl methyl sites for hydroxylation is 1. The first-order valence-corrected chi connectivity index (χ1v) is 4.63. The van der Waals surface area contributed by atoms with Crippen LogP contribution in [0.5, 0.6) is 11.5 Å². The lowest BCUT2D eigenvalue weighted by atomic mass is 10.2. The van der Waals surface area contributed by atoms with E-state index in [1.54, 1.807) is 0 Å². The molecule has 0 fully saturated rings. The summed E-state index contributed by atoms with van der Waals surface area (Å²) in [4.78, 5) is 0. The van der Waals surface area contributed by atoms with E-state index in [-0.39, 0.29) is 0 Å². The largest absolute Gasteiger partial charge is 0.486 e. The molecule has 0 amide bonds. The molecule has 64 valence electrons. The first kappa shape index (κ1) is 7.92. The first-order chi connectivity index (χ1) is 5.79. The standard InChI is InChI=1S/C9H9BrO2/c1-6-2-3-7(10)9-8(6)11-4-5-12-9/h2-3H,4-5H2,1H3. The molecular weight excluding hydrogens is 220 g/mol. The van der Waals surface area contributed by atoms with E-state index in [0.717, 1.165) is 21.5 Å². The van der Waals surface area contributed by atoms with Gasteiger partial charge in [-0.1, -0.05) is 6.07 Å². The Hall–Kier alpha value is -0.700. The second-order valence-corrected chi connectivity index (χ2v) is 3.57. The highest BCUT2D eigenvalue weighted by atomic mass is 79.9. The van der Waals surface area contributed by atoms with Crippen molar-refractivity contribution < 1.29 is 9.47 Å². The Morgan fingerprint density at radius 2 is 1.83 bits per heavy atom. The number of hydrogen-bond acceptors (Lipinski definition) is 2. The average molecular weight is 229 g/mol. The second-order valence-electron chi connectivity index (χ2n) is 2.72. The minimum absolute atomic E-state index is 0.634. The van der Waals surface area contributed by atoms with Gasteiger partial charge in [0.05, 0.1) is 4.47 Å². The molecule has 0 unspecified atom stereocenters.